The van der Waals surface area contributed by atoms with Crippen molar-refractivity contribution >= 4 is 5.91 Å². The zero-order valence-corrected chi connectivity index (χ0v) is 12.0. The molecular weight excluding hydrogens is 266 g/mol. The van der Waals surface area contributed by atoms with E-state index in [1.54, 1.807) is 0 Å². The van der Waals surface area contributed by atoms with Crippen LogP contribution in [0.3, 0.4) is 0 Å². The molecule has 4 fully saturated rings. The summed E-state index contributed by atoms with van der Waals surface area (Å²) in [5.41, 5.74) is 0.425. The molecule has 0 aromatic heterocycles. The molecule has 0 spiro atoms. The number of benzene rings is 1. The summed E-state index contributed by atoms with van der Waals surface area (Å²) in [6.07, 6.45) is 0.377. The molecule has 7 unspecified atom stereocenters. The normalized spacial score (nSPS) is 49.4. The van der Waals surface area contributed by atoms with Gasteiger partial charge >= 0.3 is 0 Å². The average molecular weight is 285 g/mol. The monoisotopic (exact) mass is 285 g/mol. The fourth-order valence-corrected chi connectivity index (χ4v) is 5.71. The number of amides is 1. The standard InChI is InChI=1S/C17H19NO3/c1-2-18-16(20)12-10-8-11-13(12)17(18,21-15(11)14(10)19)9-6-4-3-5-7-9/h3-7,10-15,19H,2,8H2,1H3. The van der Waals surface area contributed by atoms with Crippen molar-refractivity contribution in [2.45, 2.75) is 31.3 Å². The first-order chi connectivity index (χ1) is 10.2. The van der Waals surface area contributed by atoms with E-state index in [1.807, 2.05) is 30.0 Å². The Hall–Kier alpha value is -1.39. The van der Waals surface area contributed by atoms with Crippen LogP contribution < -0.4 is 0 Å². The number of carbonyl (C=O) groups is 1. The summed E-state index contributed by atoms with van der Waals surface area (Å²) in [6, 6.07) is 10.1. The van der Waals surface area contributed by atoms with E-state index in [0.29, 0.717) is 12.5 Å². The minimum Gasteiger partial charge on any atom is -0.390 e. The Balaban J connectivity index is 1.75. The highest BCUT2D eigenvalue weighted by molar-refractivity contribution is 5.85. The highest BCUT2D eigenvalue weighted by Gasteiger charge is 2.78. The Morgan fingerprint density at radius 3 is 2.81 bits per heavy atom. The molecule has 4 aliphatic rings. The number of rotatable bonds is 2. The Morgan fingerprint density at radius 2 is 2.10 bits per heavy atom. The molecule has 2 bridgehead atoms. The van der Waals surface area contributed by atoms with Gasteiger partial charge < -0.3 is 14.7 Å². The second-order valence-corrected chi connectivity index (χ2v) is 6.83. The zero-order valence-electron chi connectivity index (χ0n) is 12.0. The first-order valence-electron chi connectivity index (χ1n) is 7.93. The largest absolute Gasteiger partial charge is 0.390 e. The van der Waals surface area contributed by atoms with Gasteiger partial charge in [0, 0.05) is 18.0 Å². The Bertz CT molecular complexity index is 618. The fourth-order valence-electron chi connectivity index (χ4n) is 5.71. The predicted molar refractivity (Wildman–Crippen MR) is 75.0 cm³/mol. The molecule has 2 aliphatic heterocycles. The van der Waals surface area contributed by atoms with Gasteiger partial charge in [-0.3, -0.25) is 4.79 Å². The third-order valence-electron chi connectivity index (χ3n) is 6.27. The van der Waals surface area contributed by atoms with Crippen LogP contribution in [-0.4, -0.2) is 34.7 Å². The van der Waals surface area contributed by atoms with Gasteiger partial charge in [-0.05, 0) is 25.2 Å². The minimum absolute atomic E-state index is 0.0519. The van der Waals surface area contributed by atoms with E-state index >= 15 is 0 Å². The molecule has 2 saturated carbocycles. The molecule has 7 atom stereocenters. The van der Waals surface area contributed by atoms with Gasteiger partial charge in [0.25, 0.3) is 0 Å². The van der Waals surface area contributed by atoms with Gasteiger partial charge in [0.2, 0.25) is 5.91 Å². The van der Waals surface area contributed by atoms with E-state index in [0.717, 1.165) is 12.0 Å². The Labute approximate surface area is 123 Å². The topological polar surface area (TPSA) is 49.8 Å². The van der Waals surface area contributed by atoms with Crippen molar-refractivity contribution in [2.75, 3.05) is 6.54 Å². The highest BCUT2D eigenvalue weighted by atomic mass is 16.6. The summed E-state index contributed by atoms with van der Waals surface area (Å²) < 4.78 is 6.45. The molecule has 1 amide bonds. The smallest absolute Gasteiger partial charge is 0.229 e. The van der Waals surface area contributed by atoms with Gasteiger partial charge in [-0.2, -0.15) is 0 Å². The third kappa shape index (κ3) is 1.12. The maximum atomic E-state index is 12.9. The maximum absolute atomic E-state index is 12.9. The van der Waals surface area contributed by atoms with Crippen molar-refractivity contribution in [3.63, 3.8) is 0 Å². The molecule has 2 aliphatic carbocycles. The molecule has 21 heavy (non-hydrogen) atoms. The number of aliphatic hydroxyl groups is 1. The van der Waals surface area contributed by atoms with Crippen molar-refractivity contribution in [1.82, 2.24) is 4.90 Å². The first-order valence-corrected chi connectivity index (χ1v) is 7.93. The van der Waals surface area contributed by atoms with Crippen molar-refractivity contribution in [3.8, 4) is 0 Å². The lowest BCUT2D eigenvalue weighted by Crippen LogP contribution is -2.48. The molecule has 2 heterocycles. The van der Waals surface area contributed by atoms with Gasteiger partial charge in [-0.15, -0.1) is 0 Å². The molecule has 1 aromatic rings. The lowest BCUT2D eigenvalue weighted by Gasteiger charge is -2.38. The first kappa shape index (κ1) is 12.2. The van der Waals surface area contributed by atoms with E-state index in [2.05, 4.69) is 12.1 Å². The van der Waals surface area contributed by atoms with Crippen molar-refractivity contribution in [1.29, 1.82) is 0 Å². The van der Waals surface area contributed by atoms with E-state index < -0.39 is 11.8 Å². The summed E-state index contributed by atoms with van der Waals surface area (Å²) in [4.78, 5) is 14.8. The van der Waals surface area contributed by atoms with Crippen LogP contribution in [0.1, 0.15) is 18.9 Å². The predicted octanol–water partition coefficient (Wildman–Crippen LogP) is 1.34. The van der Waals surface area contributed by atoms with Crippen molar-refractivity contribution in [3.05, 3.63) is 35.9 Å². The second-order valence-electron chi connectivity index (χ2n) is 6.83. The van der Waals surface area contributed by atoms with Crippen LogP contribution in [0, 0.1) is 23.7 Å². The number of hydrogen-bond donors (Lipinski definition) is 1. The zero-order chi connectivity index (χ0) is 14.4. The number of likely N-dealkylation sites (tertiary alicyclic amines) is 1. The summed E-state index contributed by atoms with van der Waals surface area (Å²) in [7, 11) is 0. The molecule has 1 N–H and O–H groups in total. The molecule has 110 valence electrons. The van der Waals surface area contributed by atoms with Gasteiger partial charge in [0.15, 0.2) is 5.72 Å². The van der Waals surface area contributed by atoms with Crippen molar-refractivity contribution < 1.29 is 14.6 Å². The van der Waals surface area contributed by atoms with E-state index in [4.69, 9.17) is 4.74 Å². The van der Waals surface area contributed by atoms with Crippen LogP contribution in [-0.2, 0) is 15.3 Å². The number of carbonyl (C=O) groups excluding carboxylic acids is 1. The molecule has 4 nitrogen and oxygen atoms in total. The van der Waals surface area contributed by atoms with E-state index in [9.17, 15) is 9.90 Å². The number of hydrogen-bond acceptors (Lipinski definition) is 3. The summed E-state index contributed by atoms with van der Waals surface area (Å²) in [6.45, 7) is 2.67. The Kier molecular flexibility index (Phi) is 2.13. The SMILES string of the molecule is CCN1C(=O)C2C3CC4C(OC1(c1ccccc1)C42)C3O. The van der Waals surface area contributed by atoms with Crippen LogP contribution in [0.15, 0.2) is 30.3 Å². The quantitative estimate of drug-likeness (QED) is 0.892. The lowest BCUT2D eigenvalue weighted by molar-refractivity contribution is -0.181. The van der Waals surface area contributed by atoms with Crippen LogP contribution in [0.2, 0.25) is 0 Å². The van der Waals surface area contributed by atoms with Gasteiger partial charge in [-0.1, -0.05) is 30.3 Å². The minimum atomic E-state index is -0.640. The molecule has 2 saturated heterocycles. The van der Waals surface area contributed by atoms with E-state index in [-0.39, 0.29) is 29.8 Å². The Morgan fingerprint density at radius 1 is 1.33 bits per heavy atom. The average Bonchev–Trinajstić information content (AvgIpc) is 3.16. The van der Waals surface area contributed by atoms with Crippen LogP contribution >= 0.6 is 0 Å². The number of aliphatic hydroxyl groups excluding tert-OH is 1. The molecule has 4 heteroatoms. The molecular formula is C17H19NO3. The highest BCUT2D eigenvalue weighted by Crippen LogP contribution is 2.70. The van der Waals surface area contributed by atoms with Gasteiger partial charge in [-0.25, -0.2) is 0 Å². The summed E-state index contributed by atoms with van der Waals surface area (Å²) in [5, 5.41) is 10.5. The number of ether oxygens (including phenoxy) is 1. The maximum Gasteiger partial charge on any atom is 0.229 e. The lowest BCUT2D eigenvalue weighted by atomic mass is 9.75. The number of fused-ring (bicyclic) bond motifs is 2. The fraction of sp³-hybridized carbons (Fsp3) is 0.588. The van der Waals surface area contributed by atoms with Gasteiger partial charge in [0.05, 0.1) is 18.1 Å². The van der Waals surface area contributed by atoms with Crippen molar-refractivity contribution in [2.24, 2.45) is 23.7 Å². The molecule has 0 radical (unpaired) electrons. The number of nitrogens with zero attached hydrogens (tertiary/aromatic N) is 1. The van der Waals surface area contributed by atoms with E-state index in [1.165, 1.54) is 0 Å². The second kappa shape index (κ2) is 3.68. The van der Waals surface area contributed by atoms with Crippen LogP contribution in [0.4, 0.5) is 0 Å². The molecule has 5 rings (SSSR count). The van der Waals surface area contributed by atoms with Gasteiger partial charge in [0.1, 0.15) is 0 Å². The third-order valence-corrected chi connectivity index (χ3v) is 6.27. The summed E-state index contributed by atoms with van der Waals surface area (Å²) in [5.74, 6) is 0.765. The van der Waals surface area contributed by atoms with Crippen LogP contribution in [0.5, 0.6) is 0 Å². The summed E-state index contributed by atoms with van der Waals surface area (Å²) >= 11 is 0. The van der Waals surface area contributed by atoms with Crippen LogP contribution in [0.25, 0.3) is 0 Å². The molecule has 1 aromatic carbocycles.